The second-order valence-corrected chi connectivity index (χ2v) is 7.41. The maximum absolute atomic E-state index is 12.8. The molecule has 14 nitrogen and oxygen atoms in total. The van der Waals surface area contributed by atoms with Crippen LogP contribution in [0.15, 0.2) is 4.99 Å². The number of carboxylic acids is 1. The number of guanidine groups is 1. The zero-order chi connectivity index (χ0) is 24.8. The zero-order valence-corrected chi connectivity index (χ0v) is 18.3. The molecule has 0 aliphatic carbocycles. The fourth-order valence-electron chi connectivity index (χ4n) is 2.62. The number of carbonyl (C=O) groups excluding carboxylic acids is 4. The third kappa shape index (κ3) is 11.7. The van der Waals surface area contributed by atoms with E-state index < -0.39 is 53.6 Å². The lowest BCUT2D eigenvalue weighted by molar-refractivity contribution is -0.143. The minimum Gasteiger partial charge on any atom is -0.480 e. The fraction of sp³-hybridized carbons (Fsp3) is 0.667. The molecule has 0 rings (SSSR count). The summed E-state index contributed by atoms with van der Waals surface area (Å²) in [5.74, 6) is -4.64. The van der Waals surface area contributed by atoms with Gasteiger partial charge in [0, 0.05) is 13.0 Å². The number of aliphatic imine (C=N–C) groups is 1. The summed E-state index contributed by atoms with van der Waals surface area (Å²) in [5.41, 5.74) is 20.9. The van der Waals surface area contributed by atoms with Crippen LogP contribution in [-0.2, 0) is 24.0 Å². The van der Waals surface area contributed by atoms with Gasteiger partial charge in [-0.15, -0.1) is 0 Å². The molecule has 0 saturated heterocycles. The van der Waals surface area contributed by atoms with Gasteiger partial charge in [0.25, 0.3) is 0 Å². The van der Waals surface area contributed by atoms with Gasteiger partial charge in [0.1, 0.15) is 18.1 Å². The number of nitrogens with zero attached hydrogens (tertiary/aromatic N) is 1. The van der Waals surface area contributed by atoms with E-state index in [1.807, 2.05) is 0 Å². The Bertz CT molecular complexity index is 708. The molecule has 0 saturated carbocycles. The summed E-state index contributed by atoms with van der Waals surface area (Å²) < 4.78 is 0. The number of hydrogen-bond donors (Lipinski definition) is 8. The van der Waals surface area contributed by atoms with E-state index in [9.17, 15) is 29.1 Å². The molecule has 0 aromatic heterocycles. The van der Waals surface area contributed by atoms with Crippen LogP contribution in [0.2, 0.25) is 0 Å². The summed E-state index contributed by atoms with van der Waals surface area (Å²) in [7, 11) is 0. The molecular weight excluding hydrogens is 424 g/mol. The molecule has 0 bridgehead atoms. The van der Waals surface area contributed by atoms with Crippen molar-refractivity contribution in [1.82, 2.24) is 16.0 Å². The Morgan fingerprint density at radius 2 is 1.47 bits per heavy atom. The van der Waals surface area contributed by atoms with Crippen LogP contribution >= 0.6 is 0 Å². The first kappa shape index (κ1) is 28.6. The number of carboxylic acid groups (broad SMARTS) is 1. The van der Waals surface area contributed by atoms with Crippen LogP contribution in [0.5, 0.6) is 0 Å². The van der Waals surface area contributed by atoms with Crippen LogP contribution in [0, 0.1) is 5.92 Å². The molecule has 4 amide bonds. The minimum absolute atomic E-state index is 0.127. The van der Waals surface area contributed by atoms with E-state index in [2.05, 4.69) is 20.9 Å². The Morgan fingerprint density at radius 3 is 1.94 bits per heavy atom. The Balaban J connectivity index is 5.44. The standard InChI is InChI=1S/C18H34N8O6/c1-9(2)14(17(31)32)26-16(30)11(5-6-12(20)27)25-15(29)10(24-13(28)8-19)4-3-7-23-18(21)22/h9-11,14H,3-8,19H2,1-2H3,(H2,20,27)(H,24,28)(H,25,29)(H,26,30)(H,31,32)(H4,21,22,23). The smallest absolute Gasteiger partial charge is 0.326 e. The van der Waals surface area contributed by atoms with Crippen LogP contribution in [0.4, 0.5) is 0 Å². The Morgan fingerprint density at radius 1 is 0.906 bits per heavy atom. The number of primary amides is 1. The van der Waals surface area contributed by atoms with Gasteiger partial charge in [0.2, 0.25) is 23.6 Å². The highest BCUT2D eigenvalue weighted by atomic mass is 16.4. The third-order valence-corrected chi connectivity index (χ3v) is 4.33. The highest BCUT2D eigenvalue weighted by Gasteiger charge is 2.30. The summed E-state index contributed by atoms with van der Waals surface area (Å²) in [6.45, 7) is 3.04. The quantitative estimate of drug-likeness (QED) is 0.0685. The second-order valence-electron chi connectivity index (χ2n) is 7.41. The number of aliphatic carboxylic acids is 1. The van der Waals surface area contributed by atoms with E-state index in [0.717, 1.165) is 0 Å². The monoisotopic (exact) mass is 458 g/mol. The highest BCUT2D eigenvalue weighted by molar-refractivity contribution is 5.93. The summed E-state index contributed by atoms with van der Waals surface area (Å²) in [4.78, 5) is 63.5. The van der Waals surface area contributed by atoms with Crippen LogP contribution in [0.3, 0.4) is 0 Å². The predicted molar refractivity (Wildman–Crippen MR) is 116 cm³/mol. The normalized spacial score (nSPS) is 13.4. The Hall–Kier alpha value is -3.42. The molecule has 0 heterocycles. The van der Waals surface area contributed by atoms with E-state index in [0.29, 0.717) is 6.42 Å². The molecule has 0 aliphatic rings. The van der Waals surface area contributed by atoms with Crippen molar-refractivity contribution >= 4 is 35.6 Å². The van der Waals surface area contributed by atoms with Gasteiger partial charge >= 0.3 is 5.97 Å². The maximum atomic E-state index is 12.8. The first-order valence-corrected chi connectivity index (χ1v) is 10.1. The average molecular weight is 459 g/mol. The van der Waals surface area contributed by atoms with Crippen molar-refractivity contribution in [2.75, 3.05) is 13.1 Å². The topological polar surface area (TPSA) is 258 Å². The molecule has 3 unspecified atom stereocenters. The van der Waals surface area contributed by atoms with Crippen molar-refractivity contribution in [3.05, 3.63) is 0 Å². The van der Waals surface area contributed by atoms with Gasteiger partial charge in [0.15, 0.2) is 5.96 Å². The molecule has 0 aromatic carbocycles. The van der Waals surface area contributed by atoms with E-state index in [1.165, 1.54) is 0 Å². The van der Waals surface area contributed by atoms with Gasteiger partial charge in [-0.25, -0.2) is 4.79 Å². The molecule has 0 radical (unpaired) electrons. The molecule has 0 spiro atoms. The van der Waals surface area contributed by atoms with Crippen LogP contribution in [0.25, 0.3) is 0 Å². The molecule has 32 heavy (non-hydrogen) atoms. The summed E-state index contributed by atoms with van der Waals surface area (Å²) >= 11 is 0. The van der Waals surface area contributed by atoms with Crippen molar-refractivity contribution in [3.8, 4) is 0 Å². The van der Waals surface area contributed by atoms with Gasteiger partial charge in [-0.2, -0.15) is 0 Å². The minimum atomic E-state index is -1.26. The Kier molecular flexibility index (Phi) is 13.0. The highest BCUT2D eigenvalue weighted by Crippen LogP contribution is 2.06. The van der Waals surface area contributed by atoms with Crippen molar-refractivity contribution in [1.29, 1.82) is 0 Å². The molecule has 0 fully saturated rings. The summed E-state index contributed by atoms with van der Waals surface area (Å²) in [6, 6.07) is -3.53. The number of carbonyl (C=O) groups is 5. The second kappa shape index (κ2) is 14.6. The first-order chi connectivity index (χ1) is 14.9. The van der Waals surface area contributed by atoms with E-state index in [-0.39, 0.29) is 38.3 Å². The lowest BCUT2D eigenvalue weighted by Crippen LogP contribution is -2.57. The van der Waals surface area contributed by atoms with Crippen LogP contribution < -0.4 is 38.9 Å². The van der Waals surface area contributed by atoms with Crippen LogP contribution in [0.1, 0.15) is 39.5 Å². The van der Waals surface area contributed by atoms with Crippen molar-refractivity contribution in [2.24, 2.45) is 33.8 Å². The molecular formula is C18H34N8O6. The predicted octanol–water partition coefficient (Wildman–Crippen LogP) is -3.54. The molecule has 3 atom stereocenters. The van der Waals surface area contributed by atoms with E-state index >= 15 is 0 Å². The number of nitrogens with two attached hydrogens (primary N) is 4. The third-order valence-electron chi connectivity index (χ3n) is 4.33. The number of rotatable bonds is 15. The van der Waals surface area contributed by atoms with Crippen molar-refractivity contribution in [3.63, 3.8) is 0 Å². The van der Waals surface area contributed by atoms with Gasteiger partial charge < -0.3 is 44.0 Å². The summed E-state index contributed by atoms with van der Waals surface area (Å²) in [6.07, 6.45) is 0.0562. The number of nitrogens with one attached hydrogen (secondary N) is 3. The largest absolute Gasteiger partial charge is 0.480 e. The molecule has 0 aromatic rings. The lowest BCUT2D eigenvalue weighted by atomic mass is 10.0. The van der Waals surface area contributed by atoms with Gasteiger partial charge in [0.05, 0.1) is 6.54 Å². The lowest BCUT2D eigenvalue weighted by Gasteiger charge is -2.25. The van der Waals surface area contributed by atoms with Gasteiger partial charge in [-0.1, -0.05) is 13.8 Å². The zero-order valence-electron chi connectivity index (χ0n) is 18.3. The van der Waals surface area contributed by atoms with E-state index in [4.69, 9.17) is 22.9 Å². The Labute approximate surface area is 185 Å². The van der Waals surface area contributed by atoms with Gasteiger partial charge in [-0.05, 0) is 25.2 Å². The molecule has 12 N–H and O–H groups in total. The average Bonchev–Trinajstić information content (AvgIpc) is 2.69. The van der Waals surface area contributed by atoms with Crippen molar-refractivity contribution < 1.29 is 29.1 Å². The number of amides is 4. The van der Waals surface area contributed by atoms with Crippen LogP contribution in [-0.4, -0.2) is 71.9 Å². The molecule has 0 aliphatic heterocycles. The number of hydrogen-bond acceptors (Lipinski definition) is 7. The summed E-state index contributed by atoms with van der Waals surface area (Å²) in [5, 5.41) is 16.5. The first-order valence-electron chi connectivity index (χ1n) is 10.1. The molecule has 14 heteroatoms. The molecule has 182 valence electrons. The van der Waals surface area contributed by atoms with Crippen molar-refractivity contribution in [2.45, 2.75) is 57.7 Å². The fourth-order valence-corrected chi connectivity index (χ4v) is 2.62. The van der Waals surface area contributed by atoms with Gasteiger partial charge in [-0.3, -0.25) is 24.2 Å². The maximum Gasteiger partial charge on any atom is 0.326 e. The van der Waals surface area contributed by atoms with E-state index in [1.54, 1.807) is 13.8 Å². The SMILES string of the molecule is CC(C)C(NC(=O)C(CCC(N)=O)NC(=O)C(CCCN=C(N)N)NC(=O)CN)C(=O)O.